The summed E-state index contributed by atoms with van der Waals surface area (Å²) in [6.07, 6.45) is 1.36. The van der Waals surface area contributed by atoms with E-state index in [1.54, 1.807) is 6.92 Å². The predicted octanol–water partition coefficient (Wildman–Crippen LogP) is -1.70. The van der Waals surface area contributed by atoms with Gasteiger partial charge in [-0.25, -0.2) is 9.59 Å². The molecule has 0 radical (unpaired) electrons. The summed E-state index contributed by atoms with van der Waals surface area (Å²) in [5.41, 5.74) is 11.4. The summed E-state index contributed by atoms with van der Waals surface area (Å²) in [5.74, 6) is -0.209. The lowest BCUT2D eigenvalue weighted by molar-refractivity contribution is -0.0317. The highest BCUT2D eigenvalue weighted by Crippen LogP contribution is 2.43. The second-order valence-electron chi connectivity index (χ2n) is 5.81. The largest absolute Gasteiger partial charge is 0.418 e. The molecule has 15 heteroatoms. The Balaban J connectivity index is 2.04. The van der Waals surface area contributed by atoms with E-state index in [9.17, 15) is 18.0 Å². The van der Waals surface area contributed by atoms with Gasteiger partial charge in [0.05, 0.1) is 24.8 Å². The molecular formula is C12H18N8O6S. The highest BCUT2D eigenvalue weighted by atomic mass is 32.3. The number of nitrogens with two attached hydrogens (primary N) is 2. The van der Waals surface area contributed by atoms with E-state index in [4.69, 9.17) is 16.0 Å². The first-order chi connectivity index (χ1) is 12.6. The summed E-state index contributed by atoms with van der Waals surface area (Å²) < 4.78 is 36.6. The van der Waals surface area contributed by atoms with Gasteiger partial charge in [0.1, 0.15) is 6.04 Å². The van der Waals surface area contributed by atoms with E-state index in [0.29, 0.717) is 22.9 Å². The molecule has 1 fully saturated rings. The van der Waals surface area contributed by atoms with Crippen molar-refractivity contribution in [1.29, 1.82) is 0 Å². The lowest BCUT2D eigenvalue weighted by Gasteiger charge is -2.28. The van der Waals surface area contributed by atoms with Crippen LogP contribution in [0.4, 0.5) is 9.59 Å². The predicted molar refractivity (Wildman–Crippen MR) is 89.4 cm³/mol. The van der Waals surface area contributed by atoms with Crippen molar-refractivity contribution in [3.63, 3.8) is 0 Å². The van der Waals surface area contributed by atoms with Crippen molar-refractivity contribution >= 4 is 28.4 Å². The molecule has 1 saturated heterocycles. The number of guanidine groups is 1. The molecule has 0 aromatic carbocycles. The number of hydrogen-bond donors (Lipinski definition) is 4. The Morgan fingerprint density at radius 1 is 1.52 bits per heavy atom. The van der Waals surface area contributed by atoms with E-state index in [0.717, 1.165) is 4.68 Å². The molecule has 3 heterocycles. The standard InChI is InChI=1S/C12H18N8O6S/c1-2-15-11(21)19-4-6-8-5-18(12(22)20(8)26-27(23,24)25)7(9(6)17-19)3-16-10(13)14/h4,7-8H,2-3,5H2,1H3,(H,15,21)(H4,13,14,16)(H,23,24,25). The Hall–Kier alpha value is -2.91. The number of urea groups is 1. The maximum atomic E-state index is 12.5. The van der Waals surface area contributed by atoms with Crippen LogP contribution < -0.4 is 16.8 Å². The molecule has 27 heavy (non-hydrogen) atoms. The molecule has 0 saturated carbocycles. The Kier molecular flexibility index (Phi) is 4.66. The molecule has 2 atom stereocenters. The molecule has 0 aliphatic carbocycles. The Bertz CT molecular complexity index is 907. The molecule has 3 rings (SSSR count). The van der Waals surface area contributed by atoms with E-state index in [1.165, 1.54) is 11.1 Å². The molecule has 2 unspecified atom stereocenters. The van der Waals surface area contributed by atoms with Crippen LogP contribution in [0.25, 0.3) is 0 Å². The van der Waals surface area contributed by atoms with E-state index in [1.807, 2.05) is 0 Å². The van der Waals surface area contributed by atoms with Crippen LogP contribution in [0.5, 0.6) is 0 Å². The van der Waals surface area contributed by atoms with Crippen LogP contribution in [-0.4, -0.2) is 70.4 Å². The van der Waals surface area contributed by atoms with Crippen LogP contribution in [0, 0.1) is 0 Å². The minimum atomic E-state index is -4.94. The van der Waals surface area contributed by atoms with Crippen molar-refractivity contribution in [2.75, 3.05) is 19.6 Å². The highest BCUT2D eigenvalue weighted by molar-refractivity contribution is 7.80. The van der Waals surface area contributed by atoms with Gasteiger partial charge in [-0.1, -0.05) is 0 Å². The average molecular weight is 402 g/mol. The van der Waals surface area contributed by atoms with Crippen molar-refractivity contribution < 1.29 is 26.8 Å². The number of amides is 3. The first-order valence-corrected chi connectivity index (χ1v) is 9.18. The zero-order valence-corrected chi connectivity index (χ0v) is 15.0. The van der Waals surface area contributed by atoms with Crippen LogP contribution in [-0.2, 0) is 14.7 Å². The topological polar surface area (TPSA) is 198 Å². The highest BCUT2D eigenvalue weighted by Gasteiger charge is 2.51. The van der Waals surface area contributed by atoms with Crippen molar-refractivity contribution in [3.05, 3.63) is 17.5 Å². The normalized spacial score (nSPS) is 21.2. The zero-order chi connectivity index (χ0) is 19.9. The molecule has 1 aromatic rings. The number of fused-ring (bicyclic) bond motifs is 4. The maximum Gasteiger partial charge on any atom is 0.418 e. The molecule has 0 spiro atoms. The number of hydrogen-bond acceptors (Lipinski definition) is 7. The smallest absolute Gasteiger partial charge is 0.370 e. The van der Waals surface area contributed by atoms with E-state index >= 15 is 0 Å². The summed E-state index contributed by atoms with van der Waals surface area (Å²) in [4.78, 5) is 29.8. The monoisotopic (exact) mass is 402 g/mol. The Labute approximate surface area is 153 Å². The lowest BCUT2D eigenvalue weighted by atomic mass is 9.98. The van der Waals surface area contributed by atoms with Gasteiger partial charge in [0.15, 0.2) is 5.96 Å². The second kappa shape index (κ2) is 6.67. The third-order valence-corrected chi connectivity index (χ3v) is 4.42. The number of rotatable bonds is 5. The number of carbonyl (C=O) groups excluding carboxylic acids is 2. The second-order valence-corrected chi connectivity index (χ2v) is 6.81. The van der Waals surface area contributed by atoms with Crippen molar-refractivity contribution in [2.45, 2.75) is 19.0 Å². The Morgan fingerprint density at radius 3 is 2.81 bits per heavy atom. The van der Waals surface area contributed by atoms with Gasteiger partial charge in [-0.15, -0.1) is 4.28 Å². The van der Waals surface area contributed by atoms with Crippen LogP contribution in [0.15, 0.2) is 11.2 Å². The van der Waals surface area contributed by atoms with Gasteiger partial charge in [0.25, 0.3) is 0 Å². The van der Waals surface area contributed by atoms with Crippen LogP contribution >= 0.6 is 0 Å². The van der Waals surface area contributed by atoms with Gasteiger partial charge in [-0.2, -0.15) is 23.3 Å². The van der Waals surface area contributed by atoms with Crippen LogP contribution in [0.1, 0.15) is 30.3 Å². The number of carbonyl (C=O) groups is 2. The number of aliphatic imine (C=N–C) groups is 1. The van der Waals surface area contributed by atoms with Crippen molar-refractivity contribution in [1.82, 2.24) is 25.1 Å². The number of nitrogens with one attached hydrogen (secondary N) is 1. The van der Waals surface area contributed by atoms with Gasteiger partial charge in [-0.05, 0) is 6.92 Å². The van der Waals surface area contributed by atoms with E-state index in [-0.39, 0.29) is 19.0 Å². The van der Waals surface area contributed by atoms with Gasteiger partial charge in [-0.3, -0.25) is 9.55 Å². The van der Waals surface area contributed by atoms with Crippen LogP contribution in [0.3, 0.4) is 0 Å². The van der Waals surface area contributed by atoms with E-state index < -0.39 is 34.5 Å². The third-order valence-electron chi connectivity index (χ3n) is 4.07. The van der Waals surface area contributed by atoms with Crippen LogP contribution in [0.2, 0.25) is 0 Å². The molecule has 14 nitrogen and oxygen atoms in total. The number of nitrogens with zero attached hydrogens (tertiary/aromatic N) is 5. The molecule has 6 N–H and O–H groups in total. The summed E-state index contributed by atoms with van der Waals surface area (Å²) in [7, 11) is -4.94. The van der Waals surface area contributed by atoms with E-state index in [2.05, 4.69) is 19.7 Å². The molecule has 2 aliphatic heterocycles. The average Bonchev–Trinajstić information content (AvgIpc) is 3.11. The fourth-order valence-electron chi connectivity index (χ4n) is 3.05. The number of aromatic nitrogens is 2. The molecular weight excluding hydrogens is 384 g/mol. The fraction of sp³-hybridized carbons (Fsp3) is 0.500. The molecule has 2 aliphatic rings. The maximum absolute atomic E-state index is 12.5. The quantitative estimate of drug-likeness (QED) is 0.252. The van der Waals surface area contributed by atoms with Gasteiger partial charge in [0, 0.05) is 18.3 Å². The summed E-state index contributed by atoms with van der Waals surface area (Å²) in [5, 5.41) is 7.29. The first kappa shape index (κ1) is 18.9. The molecule has 2 bridgehead atoms. The molecule has 1 aromatic heterocycles. The first-order valence-electron chi connectivity index (χ1n) is 7.82. The van der Waals surface area contributed by atoms with Crippen molar-refractivity contribution in [2.24, 2.45) is 16.5 Å². The summed E-state index contributed by atoms with van der Waals surface area (Å²) in [6.45, 7) is 2.08. The van der Waals surface area contributed by atoms with Gasteiger partial charge >= 0.3 is 22.5 Å². The van der Waals surface area contributed by atoms with Gasteiger partial charge < -0.3 is 21.7 Å². The zero-order valence-electron chi connectivity index (χ0n) is 14.1. The molecule has 3 amide bonds. The SMILES string of the molecule is CCNC(=O)n1cc2c(n1)C(CN=C(N)N)N1CC2N(OS(=O)(=O)O)C1=O. The summed E-state index contributed by atoms with van der Waals surface area (Å²) in [6, 6.07) is -2.97. The third kappa shape index (κ3) is 3.51. The number of hydroxylamine groups is 2. The molecule has 148 valence electrons. The van der Waals surface area contributed by atoms with Gasteiger partial charge in [0.2, 0.25) is 0 Å². The lowest BCUT2D eigenvalue weighted by Crippen LogP contribution is -2.37. The minimum Gasteiger partial charge on any atom is -0.370 e. The van der Waals surface area contributed by atoms with Crippen molar-refractivity contribution in [3.8, 4) is 0 Å². The summed E-state index contributed by atoms with van der Waals surface area (Å²) >= 11 is 0. The Morgan fingerprint density at radius 2 is 2.22 bits per heavy atom. The minimum absolute atomic E-state index is 0.0348. The fourth-order valence-corrected chi connectivity index (χ4v) is 3.42.